The number of halogens is 1. The first-order valence-corrected chi connectivity index (χ1v) is 4.43. The first kappa shape index (κ1) is 7.55. The Morgan fingerprint density at radius 2 is 2.00 bits per heavy atom. The molecule has 0 bridgehead atoms. The minimum atomic E-state index is 0.667. The number of aromatic nitrogens is 1. The van der Waals surface area contributed by atoms with E-state index in [4.69, 9.17) is 5.73 Å². The number of hydrogen-bond donors (Lipinski definition) is 1. The summed E-state index contributed by atoms with van der Waals surface area (Å²) in [6.45, 7) is 0. The number of nitrogens with two attached hydrogens (primary N) is 1. The highest BCUT2D eigenvalue weighted by Gasteiger charge is 2.03. The van der Waals surface area contributed by atoms with Gasteiger partial charge >= 0.3 is 0 Å². The van der Waals surface area contributed by atoms with Crippen LogP contribution in [0.4, 0.5) is 5.82 Å². The fourth-order valence-corrected chi connectivity index (χ4v) is 1.81. The molecule has 1 heterocycles. The van der Waals surface area contributed by atoms with E-state index in [1.165, 1.54) is 0 Å². The molecule has 0 unspecified atom stereocenters. The molecule has 0 radical (unpaired) electrons. The average Bonchev–Trinajstić information content (AvgIpc) is 2.04. The predicted molar refractivity (Wildman–Crippen MR) is 52.6 cm³/mol. The Morgan fingerprint density at radius 1 is 1.25 bits per heavy atom. The van der Waals surface area contributed by atoms with E-state index in [1.807, 2.05) is 30.3 Å². The maximum Gasteiger partial charge on any atom is 0.271 e. The van der Waals surface area contributed by atoms with Gasteiger partial charge in [-0.25, -0.2) is 4.98 Å². The number of aromatic amines is 1. The van der Waals surface area contributed by atoms with Gasteiger partial charge in [-0.05, 0) is 27.4 Å². The summed E-state index contributed by atoms with van der Waals surface area (Å²) in [6, 6.07) is 9.98. The number of nitrogen functional groups attached to an aromatic ring is 1. The quantitative estimate of drug-likeness (QED) is 0.683. The van der Waals surface area contributed by atoms with Crippen molar-refractivity contribution in [2.75, 3.05) is 5.73 Å². The van der Waals surface area contributed by atoms with Gasteiger partial charge in [-0.2, -0.15) is 0 Å². The number of hydrogen-bond acceptors (Lipinski definition) is 1. The molecule has 0 aliphatic carbocycles. The molecular weight excluding hydrogens is 216 g/mol. The SMILES string of the molecule is Nc1cc2ccccc2c(Br)[nH+]1. The van der Waals surface area contributed by atoms with Crippen LogP contribution in [0.15, 0.2) is 34.9 Å². The third kappa shape index (κ3) is 1.16. The topological polar surface area (TPSA) is 40.2 Å². The van der Waals surface area contributed by atoms with Crippen molar-refractivity contribution in [1.82, 2.24) is 0 Å². The van der Waals surface area contributed by atoms with Crippen molar-refractivity contribution in [3.05, 3.63) is 34.9 Å². The molecule has 60 valence electrons. The van der Waals surface area contributed by atoms with E-state index in [9.17, 15) is 0 Å². The van der Waals surface area contributed by atoms with Crippen LogP contribution < -0.4 is 10.7 Å². The van der Waals surface area contributed by atoms with E-state index in [-0.39, 0.29) is 0 Å². The largest absolute Gasteiger partial charge is 0.287 e. The fourth-order valence-electron chi connectivity index (χ4n) is 1.22. The van der Waals surface area contributed by atoms with Gasteiger partial charge in [0.2, 0.25) is 0 Å². The first-order valence-electron chi connectivity index (χ1n) is 3.63. The Kier molecular flexibility index (Phi) is 1.73. The van der Waals surface area contributed by atoms with Crippen molar-refractivity contribution in [1.29, 1.82) is 0 Å². The van der Waals surface area contributed by atoms with Crippen LogP contribution in [0.2, 0.25) is 0 Å². The van der Waals surface area contributed by atoms with Crippen LogP contribution in [0.1, 0.15) is 0 Å². The van der Waals surface area contributed by atoms with Crippen molar-refractivity contribution in [2.45, 2.75) is 0 Å². The van der Waals surface area contributed by atoms with Crippen LogP contribution in [0.3, 0.4) is 0 Å². The maximum absolute atomic E-state index is 5.64. The molecule has 0 aliphatic heterocycles. The van der Waals surface area contributed by atoms with Crippen LogP contribution in [0, 0.1) is 0 Å². The van der Waals surface area contributed by atoms with E-state index < -0.39 is 0 Å². The molecule has 0 spiro atoms. The van der Waals surface area contributed by atoms with Crippen molar-refractivity contribution in [3.8, 4) is 0 Å². The second-order valence-electron chi connectivity index (χ2n) is 2.63. The van der Waals surface area contributed by atoms with E-state index in [1.54, 1.807) is 0 Å². The summed E-state index contributed by atoms with van der Waals surface area (Å²) in [5.41, 5.74) is 5.64. The van der Waals surface area contributed by atoms with Crippen molar-refractivity contribution < 1.29 is 4.98 Å². The molecule has 0 saturated heterocycles. The Morgan fingerprint density at radius 3 is 2.83 bits per heavy atom. The van der Waals surface area contributed by atoms with Crippen LogP contribution in [-0.2, 0) is 0 Å². The Bertz CT molecular complexity index is 426. The van der Waals surface area contributed by atoms with Gasteiger partial charge in [0.05, 0.1) is 0 Å². The fraction of sp³-hybridized carbons (Fsp3) is 0. The number of fused-ring (bicyclic) bond motifs is 1. The van der Waals surface area contributed by atoms with Gasteiger partial charge in [0.15, 0.2) is 4.60 Å². The molecule has 1 aromatic heterocycles. The Hall–Kier alpha value is -1.09. The highest BCUT2D eigenvalue weighted by molar-refractivity contribution is 9.10. The number of nitrogens with one attached hydrogen (secondary N) is 1. The third-order valence-corrected chi connectivity index (χ3v) is 2.39. The van der Waals surface area contributed by atoms with Gasteiger partial charge in [0.1, 0.15) is 0 Å². The van der Waals surface area contributed by atoms with E-state index in [0.717, 1.165) is 15.4 Å². The minimum absolute atomic E-state index is 0.667. The van der Waals surface area contributed by atoms with Crippen molar-refractivity contribution >= 4 is 32.5 Å². The summed E-state index contributed by atoms with van der Waals surface area (Å²) in [5, 5.41) is 2.28. The molecule has 3 N–H and O–H groups in total. The summed E-state index contributed by atoms with van der Waals surface area (Å²) in [4.78, 5) is 3.01. The highest BCUT2D eigenvalue weighted by Crippen LogP contribution is 2.20. The highest BCUT2D eigenvalue weighted by atomic mass is 79.9. The second kappa shape index (κ2) is 2.75. The summed E-state index contributed by atoms with van der Waals surface area (Å²) in [7, 11) is 0. The van der Waals surface area contributed by atoms with E-state index in [0.29, 0.717) is 5.82 Å². The zero-order valence-electron chi connectivity index (χ0n) is 6.34. The minimum Gasteiger partial charge on any atom is -0.287 e. The van der Waals surface area contributed by atoms with Crippen LogP contribution >= 0.6 is 15.9 Å². The monoisotopic (exact) mass is 223 g/mol. The number of pyridine rings is 1. The van der Waals surface area contributed by atoms with Gasteiger partial charge in [-0.1, -0.05) is 18.2 Å². The number of rotatable bonds is 0. The lowest BCUT2D eigenvalue weighted by atomic mass is 10.2. The van der Waals surface area contributed by atoms with Gasteiger partial charge in [0.25, 0.3) is 5.82 Å². The summed E-state index contributed by atoms with van der Waals surface area (Å²) in [5.74, 6) is 0.667. The van der Waals surface area contributed by atoms with E-state index >= 15 is 0 Å². The third-order valence-electron chi connectivity index (χ3n) is 1.76. The lowest BCUT2D eigenvalue weighted by Crippen LogP contribution is -2.11. The van der Waals surface area contributed by atoms with Crippen molar-refractivity contribution in [2.24, 2.45) is 0 Å². The molecule has 0 aliphatic rings. The summed E-state index contributed by atoms with van der Waals surface area (Å²) >= 11 is 3.41. The molecule has 2 rings (SSSR count). The lowest BCUT2D eigenvalue weighted by Gasteiger charge is -1.96. The molecule has 2 nitrogen and oxygen atoms in total. The molecule has 0 fully saturated rings. The normalized spacial score (nSPS) is 10.4. The lowest BCUT2D eigenvalue weighted by molar-refractivity contribution is -0.372. The average molecular weight is 224 g/mol. The van der Waals surface area contributed by atoms with Crippen molar-refractivity contribution in [3.63, 3.8) is 0 Å². The molecule has 1 aromatic carbocycles. The zero-order valence-corrected chi connectivity index (χ0v) is 7.93. The molecule has 3 heteroatoms. The number of anilines is 1. The van der Waals surface area contributed by atoms with Crippen LogP contribution in [0.25, 0.3) is 10.8 Å². The van der Waals surface area contributed by atoms with Gasteiger partial charge in [-0.15, -0.1) is 0 Å². The Balaban J connectivity index is 2.89. The maximum atomic E-state index is 5.64. The molecular formula is C9H8BrN2+. The van der Waals surface area contributed by atoms with Gasteiger partial charge in [0, 0.05) is 11.5 Å². The molecule has 12 heavy (non-hydrogen) atoms. The van der Waals surface area contributed by atoms with Gasteiger partial charge < -0.3 is 0 Å². The van der Waals surface area contributed by atoms with Crippen LogP contribution in [0.5, 0.6) is 0 Å². The van der Waals surface area contributed by atoms with E-state index in [2.05, 4.69) is 20.9 Å². The smallest absolute Gasteiger partial charge is 0.271 e. The zero-order chi connectivity index (χ0) is 8.55. The number of H-pyrrole nitrogens is 1. The standard InChI is InChI=1S/C9H7BrN2/c10-9-7-4-2-1-3-6(7)5-8(11)12-9/h1-5H,(H2,11,12)/p+1. The predicted octanol–water partition coefficient (Wildman–Crippen LogP) is 2.00. The summed E-state index contributed by atoms with van der Waals surface area (Å²) in [6.07, 6.45) is 0. The molecule has 0 saturated carbocycles. The van der Waals surface area contributed by atoms with Crippen LogP contribution in [-0.4, -0.2) is 0 Å². The number of benzene rings is 1. The Labute approximate surface area is 78.5 Å². The molecule has 0 atom stereocenters. The van der Waals surface area contributed by atoms with Gasteiger partial charge in [-0.3, -0.25) is 5.73 Å². The summed E-state index contributed by atoms with van der Waals surface area (Å²) < 4.78 is 0.929. The molecule has 2 aromatic rings. The second-order valence-corrected chi connectivity index (χ2v) is 3.42. The molecule has 0 amide bonds. The first-order chi connectivity index (χ1) is 5.77.